The first kappa shape index (κ1) is 15.6. The Balaban J connectivity index is 2.92. The number of halogens is 2. The first-order valence-corrected chi connectivity index (χ1v) is 6.81. The van der Waals surface area contributed by atoms with Crippen molar-refractivity contribution < 1.29 is 9.13 Å². The van der Waals surface area contributed by atoms with Gasteiger partial charge in [-0.15, -0.1) is 0 Å². The standard InChI is InChI=1S/C13H20BrFN2O/c1-3-17(6-7-18-2)13(9-16)11-5-4-10(14)8-12(11)15/h4-5,8,13H,3,6-7,9,16H2,1-2H3. The average molecular weight is 319 g/mol. The van der Waals surface area contributed by atoms with E-state index in [9.17, 15) is 4.39 Å². The fraction of sp³-hybridized carbons (Fsp3) is 0.538. The highest BCUT2D eigenvalue weighted by Crippen LogP contribution is 2.24. The van der Waals surface area contributed by atoms with E-state index in [1.807, 2.05) is 13.0 Å². The number of benzene rings is 1. The van der Waals surface area contributed by atoms with Gasteiger partial charge in [0, 0.05) is 36.3 Å². The van der Waals surface area contributed by atoms with Gasteiger partial charge in [0.05, 0.1) is 6.61 Å². The second kappa shape index (κ2) is 7.84. The van der Waals surface area contributed by atoms with Gasteiger partial charge in [0.2, 0.25) is 0 Å². The Morgan fingerprint density at radius 2 is 2.22 bits per heavy atom. The summed E-state index contributed by atoms with van der Waals surface area (Å²) < 4.78 is 19.8. The Morgan fingerprint density at radius 3 is 2.72 bits per heavy atom. The lowest BCUT2D eigenvalue weighted by atomic mass is 10.0. The molecule has 1 atom stereocenters. The average Bonchev–Trinajstić information content (AvgIpc) is 2.36. The predicted octanol–water partition coefficient (Wildman–Crippen LogP) is 2.56. The van der Waals surface area contributed by atoms with Crippen molar-refractivity contribution in [2.24, 2.45) is 5.73 Å². The molecule has 0 saturated carbocycles. The lowest BCUT2D eigenvalue weighted by molar-refractivity contribution is 0.124. The summed E-state index contributed by atoms with van der Waals surface area (Å²) in [6.45, 7) is 4.58. The Morgan fingerprint density at radius 1 is 1.50 bits per heavy atom. The van der Waals surface area contributed by atoms with Gasteiger partial charge in [-0.1, -0.05) is 28.9 Å². The van der Waals surface area contributed by atoms with Crippen molar-refractivity contribution in [2.45, 2.75) is 13.0 Å². The third-order valence-corrected chi connectivity index (χ3v) is 3.47. The van der Waals surface area contributed by atoms with Gasteiger partial charge in [-0.05, 0) is 18.7 Å². The fourth-order valence-corrected chi connectivity index (χ4v) is 2.32. The van der Waals surface area contributed by atoms with E-state index in [-0.39, 0.29) is 11.9 Å². The molecule has 0 aliphatic carbocycles. The number of methoxy groups -OCH3 is 1. The van der Waals surface area contributed by atoms with E-state index in [0.717, 1.165) is 17.6 Å². The molecule has 0 amide bonds. The van der Waals surface area contributed by atoms with E-state index < -0.39 is 0 Å². The largest absolute Gasteiger partial charge is 0.383 e. The number of ether oxygens (including phenoxy) is 1. The molecule has 0 aliphatic heterocycles. The number of nitrogens with zero attached hydrogens (tertiary/aromatic N) is 1. The first-order chi connectivity index (χ1) is 8.63. The minimum atomic E-state index is -0.226. The number of likely N-dealkylation sites (N-methyl/N-ethyl adjacent to an activating group) is 1. The van der Waals surface area contributed by atoms with Crippen LogP contribution in [-0.4, -0.2) is 38.3 Å². The van der Waals surface area contributed by atoms with Gasteiger partial charge in [0.1, 0.15) is 5.82 Å². The summed E-state index contributed by atoms with van der Waals surface area (Å²) in [5.41, 5.74) is 6.44. The Hall–Kier alpha value is -0.490. The molecule has 0 aromatic heterocycles. The molecule has 0 radical (unpaired) electrons. The molecule has 18 heavy (non-hydrogen) atoms. The molecule has 0 heterocycles. The van der Waals surface area contributed by atoms with Crippen LogP contribution in [0.1, 0.15) is 18.5 Å². The molecular formula is C13H20BrFN2O. The van der Waals surface area contributed by atoms with E-state index in [1.165, 1.54) is 6.07 Å². The van der Waals surface area contributed by atoms with Crippen molar-refractivity contribution in [1.82, 2.24) is 4.90 Å². The van der Waals surface area contributed by atoms with Gasteiger partial charge in [-0.25, -0.2) is 4.39 Å². The van der Waals surface area contributed by atoms with E-state index in [2.05, 4.69) is 20.8 Å². The van der Waals surface area contributed by atoms with Crippen LogP contribution < -0.4 is 5.73 Å². The summed E-state index contributed by atoms with van der Waals surface area (Å²) in [5, 5.41) is 0. The monoisotopic (exact) mass is 318 g/mol. The van der Waals surface area contributed by atoms with Crippen LogP contribution in [0.3, 0.4) is 0 Å². The number of hydrogen-bond donors (Lipinski definition) is 1. The maximum Gasteiger partial charge on any atom is 0.129 e. The van der Waals surface area contributed by atoms with E-state index in [4.69, 9.17) is 10.5 Å². The summed E-state index contributed by atoms with van der Waals surface area (Å²) in [6, 6.07) is 4.98. The van der Waals surface area contributed by atoms with Crippen LogP contribution in [0.4, 0.5) is 4.39 Å². The van der Waals surface area contributed by atoms with E-state index >= 15 is 0 Å². The molecule has 5 heteroatoms. The van der Waals surface area contributed by atoms with Crippen molar-refractivity contribution in [1.29, 1.82) is 0 Å². The number of rotatable bonds is 7. The zero-order valence-electron chi connectivity index (χ0n) is 10.8. The van der Waals surface area contributed by atoms with Crippen LogP contribution in [0.25, 0.3) is 0 Å². The quantitative estimate of drug-likeness (QED) is 0.839. The zero-order chi connectivity index (χ0) is 13.5. The Bertz CT molecular complexity index is 376. The van der Waals surface area contributed by atoms with Crippen LogP contribution in [0.2, 0.25) is 0 Å². The van der Waals surface area contributed by atoms with Crippen molar-refractivity contribution in [2.75, 3.05) is 33.4 Å². The fourth-order valence-electron chi connectivity index (χ4n) is 1.99. The highest BCUT2D eigenvalue weighted by Gasteiger charge is 2.20. The third kappa shape index (κ3) is 4.02. The Labute approximate surface area is 116 Å². The summed E-state index contributed by atoms with van der Waals surface area (Å²) >= 11 is 3.26. The van der Waals surface area contributed by atoms with Gasteiger partial charge in [0.15, 0.2) is 0 Å². The third-order valence-electron chi connectivity index (χ3n) is 2.97. The van der Waals surface area contributed by atoms with Gasteiger partial charge in [-0.2, -0.15) is 0 Å². The van der Waals surface area contributed by atoms with Gasteiger partial charge >= 0.3 is 0 Å². The molecule has 2 N–H and O–H groups in total. The minimum Gasteiger partial charge on any atom is -0.383 e. The second-order valence-corrected chi connectivity index (χ2v) is 4.95. The topological polar surface area (TPSA) is 38.5 Å². The lowest BCUT2D eigenvalue weighted by Crippen LogP contribution is -2.36. The van der Waals surface area contributed by atoms with Crippen molar-refractivity contribution in [3.8, 4) is 0 Å². The number of nitrogens with two attached hydrogens (primary N) is 1. The molecule has 0 bridgehead atoms. The van der Waals surface area contributed by atoms with Crippen LogP contribution in [0, 0.1) is 5.82 Å². The molecule has 1 aromatic carbocycles. The molecule has 0 aliphatic rings. The SMILES string of the molecule is CCN(CCOC)C(CN)c1ccc(Br)cc1F. The predicted molar refractivity (Wildman–Crippen MR) is 75.0 cm³/mol. The molecule has 1 aromatic rings. The van der Waals surface area contributed by atoms with Crippen molar-refractivity contribution in [3.05, 3.63) is 34.1 Å². The van der Waals surface area contributed by atoms with Crippen molar-refractivity contribution in [3.63, 3.8) is 0 Å². The highest BCUT2D eigenvalue weighted by atomic mass is 79.9. The highest BCUT2D eigenvalue weighted by molar-refractivity contribution is 9.10. The number of hydrogen-bond acceptors (Lipinski definition) is 3. The molecule has 0 saturated heterocycles. The second-order valence-electron chi connectivity index (χ2n) is 4.04. The Kier molecular flexibility index (Phi) is 6.78. The van der Waals surface area contributed by atoms with Gasteiger partial charge in [-0.3, -0.25) is 4.90 Å². The van der Waals surface area contributed by atoms with Crippen LogP contribution in [0.15, 0.2) is 22.7 Å². The summed E-state index contributed by atoms with van der Waals surface area (Å²) in [7, 11) is 1.66. The molecular weight excluding hydrogens is 299 g/mol. The summed E-state index contributed by atoms with van der Waals surface area (Å²) in [4.78, 5) is 2.12. The first-order valence-electron chi connectivity index (χ1n) is 6.02. The molecule has 0 spiro atoms. The maximum atomic E-state index is 14.0. The zero-order valence-corrected chi connectivity index (χ0v) is 12.4. The van der Waals surface area contributed by atoms with Gasteiger partial charge in [0.25, 0.3) is 0 Å². The molecule has 3 nitrogen and oxygen atoms in total. The van der Waals surface area contributed by atoms with E-state index in [0.29, 0.717) is 18.7 Å². The molecule has 1 rings (SSSR count). The molecule has 102 valence electrons. The molecule has 0 fully saturated rings. The normalized spacial score (nSPS) is 13.0. The maximum absolute atomic E-state index is 14.0. The lowest BCUT2D eigenvalue weighted by Gasteiger charge is -2.30. The van der Waals surface area contributed by atoms with E-state index in [1.54, 1.807) is 13.2 Å². The summed E-state index contributed by atoms with van der Waals surface area (Å²) in [6.07, 6.45) is 0. The van der Waals surface area contributed by atoms with Crippen LogP contribution >= 0.6 is 15.9 Å². The minimum absolute atomic E-state index is 0.113. The van der Waals surface area contributed by atoms with Crippen molar-refractivity contribution >= 4 is 15.9 Å². The van der Waals surface area contributed by atoms with Gasteiger partial charge < -0.3 is 10.5 Å². The smallest absolute Gasteiger partial charge is 0.129 e. The summed E-state index contributed by atoms with van der Waals surface area (Å²) in [5.74, 6) is -0.226. The van der Waals surface area contributed by atoms with Crippen LogP contribution in [-0.2, 0) is 4.74 Å². The molecule has 1 unspecified atom stereocenters. The van der Waals surface area contributed by atoms with Crippen LogP contribution in [0.5, 0.6) is 0 Å².